The second-order valence-electron chi connectivity index (χ2n) is 0.396. The van der Waals surface area contributed by atoms with Crippen LogP contribution in [0.4, 0.5) is 0 Å². The molecule has 0 aliphatic heterocycles. The summed E-state index contributed by atoms with van der Waals surface area (Å²) in [5, 5.41) is 0. The van der Waals surface area contributed by atoms with Crippen molar-refractivity contribution in [3.05, 3.63) is 0 Å². The van der Waals surface area contributed by atoms with Crippen LogP contribution >= 0.6 is 0 Å². The molecular weight excluding hydrogens is 155 g/mol. The van der Waals surface area contributed by atoms with Crippen LogP contribution in [-0.2, 0) is 0 Å². The standard InChI is InChI=1S/ClHO4.4H3N/c2-1(3,4)5;;;;/h(H,2,3,4,5);4*1H3. The number of rotatable bonds is 0. The third-order valence-corrected chi connectivity index (χ3v) is 0. The molecule has 0 aromatic heterocycles. The van der Waals surface area contributed by atoms with Gasteiger partial charge < -0.3 is 24.6 Å². The molecule has 0 aromatic carbocycles. The van der Waals surface area contributed by atoms with Gasteiger partial charge in [0.15, 0.2) is 0 Å². The molecule has 0 spiro atoms. The Bertz CT molecular complexity index is 28.0. The lowest BCUT2D eigenvalue weighted by molar-refractivity contribution is -1.92. The third kappa shape index (κ3) is 316000. The fraction of sp³-hybridized carbons (Fsp3) is 0. The zero-order valence-electron chi connectivity index (χ0n) is 4.88. The quantitative estimate of drug-likeness (QED) is 0.243. The van der Waals surface area contributed by atoms with E-state index in [9.17, 15) is 0 Å². The van der Waals surface area contributed by atoms with Gasteiger partial charge in [0.25, 0.3) is 0 Å². The predicted molar refractivity (Wildman–Crippen MR) is 22.3 cm³/mol. The van der Waals surface area contributed by atoms with Crippen LogP contribution < -0.4 is 38.6 Å². The summed E-state index contributed by atoms with van der Waals surface area (Å²) in [6.07, 6.45) is 0. The van der Waals surface area contributed by atoms with E-state index in [4.69, 9.17) is 18.6 Å². The number of hydrogen-bond acceptors (Lipinski definition) is 8. The van der Waals surface area contributed by atoms with Gasteiger partial charge in [0.1, 0.15) is 0 Å². The van der Waals surface area contributed by atoms with Crippen LogP contribution in [0.3, 0.4) is 0 Å². The Morgan fingerprint density at radius 3 is 0.778 bits per heavy atom. The molecule has 0 saturated carbocycles. The topological polar surface area (TPSA) is 229 Å². The van der Waals surface area contributed by atoms with Crippen molar-refractivity contribution >= 4 is 0 Å². The van der Waals surface area contributed by atoms with Crippen molar-refractivity contribution in [1.82, 2.24) is 24.6 Å². The fourth-order valence-electron chi connectivity index (χ4n) is 0. The van der Waals surface area contributed by atoms with Crippen LogP contribution in [0, 0.1) is 10.2 Å². The normalized spacial score (nSPS) is 6.67. The second kappa shape index (κ2) is 10.9. The average Bonchev–Trinajstić information content (AvgIpc) is 0.722. The van der Waals surface area contributed by atoms with E-state index < -0.39 is 10.2 Å². The second-order valence-corrected chi connectivity index (χ2v) is 1.19. The first-order valence-electron chi connectivity index (χ1n) is 0.632. The van der Waals surface area contributed by atoms with Gasteiger partial charge in [0.05, 0.1) is 14.9 Å². The lowest BCUT2D eigenvalue weighted by Gasteiger charge is -2.03. The zero-order chi connectivity index (χ0) is 4.50. The molecule has 8 nitrogen and oxygen atoms in total. The molecular formula is H13ClN4O4. The molecule has 0 rings (SSSR count). The van der Waals surface area contributed by atoms with E-state index in [2.05, 4.69) is 0 Å². The highest BCUT2D eigenvalue weighted by molar-refractivity contribution is 2.15. The molecule has 64 valence electrons. The van der Waals surface area contributed by atoms with Crippen LogP contribution in [0.15, 0.2) is 0 Å². The summed E-state index contributed by atoms with van der Waals surface area (Å²) in [7, 11) is -4.69. The van der Waals surface area contributed by atoms with Crippen molar-refractivity contribution in [2.45, 2.75) is 0 Å². The summed E-state index contributed by atoms with van der Waals surface area (Å²) in [6.45, 7) is 0. The highest BCUT2D eigenvalue weighted by Gasteiger charge is 1.98. The molecule has 0 amide bonds. The van der Waals surface area contributed by atoms with Crippen LogP contribution in [-0.4, -0.2) is 4.66 Å². The van der Waals surface area contributed by atoms with Crippen molar-refractivity contribution in [2.24, 2.45) is 0 Å². The lowest BCUT2D eigenvalue weighted by Crippen LogP contribution is -2.58. The van der Waals surface area contributed by atoms with Crippen LogP contribution in [0.5, 0.6) is 0 Å². The van der Waals surface area contributed by atoms with Crippen molar-refractivity contribution in [3.63, 3.8) is 0 Å². The molecule has 13 N–H and O–H groups in total. The van der Waals surface area contributed by atoms with Crippen LogP contribution in [0.1, 0.15) is 0 Å². The summed E-state index contributed by atoms with van der Waals surface area (Å²) in [5.74, 6) is 0. The maximum atomic E-state index is 8.60. The molecule has 0 atom stereocenters. The SMILES string of the molecule is N.N.N.N.[O-][Cl+3]([O-])([O-])O. The predicted octanol–water partition coefficient (Wildman–Crippen LogP) is -3.48. The molecule has 0 saturated heterocycles. The van der Waals surface area contributed by atoms with E-state index in [0.29, 0.717) is 0 Å². The Hall–Kier alpha value is -0.0300. The largest absolute Gasteiger partial charge is 0.344 e. The van der Waals surface area contributed by atoms with Gasteiger partial charge >= 0.3 is 0 Å². The number of hydrogen-bond donors (Lipinski definition) is 5. The molecule has 0 heterocycles. The van der Waals surface area contributed by atoms with Gasteiger partial charge in [-0.1, -0.05) is 0 Å². The van der Waals surface area contributed by atoms with Crippen molar-refractivity contribution in [3.8, 4) is 0 Å². The van der Waals surface area contributed by atoms with E-state index in [0.717, 1.165) is 0 Å². The van der Waals surface area contributed by atoms with E-state index >= 15 is 0 Å². The first-order valence-corrected chi connectivity index (χ1v) is 1.90. The zero-order valence-corrected chi connectivity index (χ0v) is 5.63. The Balaban J connectivity index is -0.0000000133. The smallest absolute Gasteiger partial charge is 0.0777 e. The Kier molecular flexibility index (Phi) is 43.6. The van der Waals surface area contributed by atoms with Crippen molar-refractivity contribution in [2.75, 3.05) is 0 Å². The summed E-state index contributed by atoms with van der Waals surface area (Å²) < 4.78 is 32.7. The monoisotopic (exact) mass is 168 g/mol. The molecule has 0 aliphatic rings. The van der Waals surface area contributed by atoms with E-state index in [1.165, 1.54) is 0 Å². The molecule has 0 unspecified atom stereocenters. The molecule has 9 heteroatoms. The maximum Gasteiger partial charge on any atom is 0.0777 e. The van der Waals surface area contributed by atoms with Gasteiger partial charge in [-0.25, -0.2) is 0 Å². The van der Waals surface area contributed by atoms with Gasteiger partial charge in [-0.05, 0) is 0 Å². The maximum absolute atomic E-state index is 8.60. The van der Waals surface area contributed by atoms with E-state index in [-0.39, 0.29) is 24.6 Å². The van der Waals surface area contributed by atoms with Crippen molar-refractivity contribution in [1.29, 1.82) is 0 Å². The minimum atomic E-state index is -4.69. The summed E-state index contributed by atoms with van der Waals surface area (Å²) in [5.41, 5.74) is 0. The fourth-order valence-corrected chi connectivity index (χ4v) is 0. The van der Waals surface area contributed by atoms with E-state index in [1.807, 2.05) is 0 Å². The molecule has 0 aromatic rings. The highest BCUT2D eigenvalue weighted by atomic mass is 35.7. The van der Waals surface area contributed by atoms with Crippen LogP contribution in [0.25, 0.3) is 0 Å². The van der Waals surface area contributed by atoms with Gasteiger partial charge in [-0.15, -0.1) is 0 Å². The molecule has 0 bridgehead atoms. The third-order valence-electron chi connectivity index (χ3n) is 0. The van der Waals surface area contributed by atoms with Crippen molar-refractivity contribution < 1.29 is 28.9 Å². The van der Waals surface area contributed by atoms with Gasteiger partial charge in [-0.2, -0.15) is 14.0 Å². The van der Waals surface area contributed by atoms with E-state index in [1.54, 1.807) is 0 Å². The minimum Gasteiger partial charge on any atom is -0.344 e. The van der Waals surface area contributed by atoms with Gasteiger partial charge in [0.2, 0.25) is 0 Å². The Morgan fingerprint density at radius 2 is 0.778 bits per heavy atom. The first kappa shape index (κ1) is 36.2. The van der Waals surface area contributed by atoms with Gasteiger partial charge in [0, 0.05) is 0 Å². The highest BCUT2D eigenvalue weighted by Crippen LogP contribution is 1.60. The minimum absolute atomic E-state index is 0. The van der Waals surface area contributed by atoms with Crippen LogP contribution in [0.2, 0.25) is 0 Å². The molecule has 0 radical (unpaired) electrons. The summed E-state index contributed by atoms with van der Waals surface area (Å²) in [6, 6.07) is 0. The average molecular weight is 169 g/mol. The number of halogens is 1. The summed E-state index contributed by atoms with van der Waals surface area (Å²) >= 11 is 0. The first-order chi connectivity index (χ1) is 2.00. The van der Waals surface area contributed by atoms with Gasteiger partial charge in [-0.3, -0.25) is 0 Å². The lowest BCUT2D eigenvalue weighted by atomic mass is 14.0. The Morgan fingerprint density at radius 1 is 0.778 bits per heavy atom. The Labute approximate surface area is 54.6 Å². The molecule has 0 fully saturated rings. The molecule has 9 heavy (non-hydrogen) atoms. The summed E-state index contributed by atoms with van der Waals surface area (Å²) in [4.78, 5) is 0. The molecule has 0 aliphatic carbocycles.